The Morgan fingerprint density at radius 2 is 1.55 bits per heavy atom. The van der Waals surface area contributed by atoms with Crippen molar-refractivity contribution in [2.75, 3.05) is 27.9 Å². The Morgan fingerprint density at radius 3 is 2.15 bits per heavy atom. The maximum absolute atomic E-state index is 12.5. The van der Waals surface area contributed by atoms with Crippen LogP contribution in [0.15, 0.2) is 27.5 Å². The van der Waals surface area contributed by atoms with E-state index in [-0.39, 0.29) is 40.7 Å². The van der Waals surface area contributed by atoms with Crippen molar-refractivity contribution >= 4 is 28.9 Å². The van der Waals surface area contributed by atoms with Crippen LogP contribution < -0.4 is 19.8 Å². The summed E-state index contributed by atoms with van der Waals surface area (Å²) in [6.07, 6.45) is -3.25. The highest BCUT2D eigenvalue weighted by Crippen LogP contribution is 2.46. The number of ether oxygens (including phenoxy) is 7. The molecule has 0 bridgehead atoms. The smallest absolute Gasteiger partial charge is 0.336 e. The molecule has 2 aromatic heterocycles. The number of nitrogens with zero attached hydrogens (tertiary/aromatic N) is 3. The highest BCUT2D eigenvalue weighted by molar-refractivity contribution is 6.00. The van der Waals surface area contributed by atoms with Crippen LogP contribution >= 0.6 is 0 Å². The van der Waals surface area contributed by atoms with Crippen LogP contribution in [-0.4, -0.2) is 79.1 Å². The fourth-order valence-electron chi connectivity index (χ4n) is 4.47. The summed E-state index contributed by atoms with van der Waals surface area (Å²) in [5.41, 5.74) is -0.0706. The van der Waals surface area contributed by atoms with Gasteiger partial charge in [0.05, 0.1) is 39.5 Å². The second kappa shape index (κ2) is 11.6. The van der Waals surface area contributed by atoms with Crippen molar-refractivity contribution in [3.05, 3.63) is 28.7 Å². The second-order valence-corrected chi connectivity index (χ2v) is 8.60. The van der Waals surface area contributed by atoms with E-state index in [1.54, 1.807) is 0 Å². The SMILES string of the molecule is COc1cc2oc(=O)cc(-c3cn([C@@H]4OC[C@@H](OC(C)=O)[C@H](OC(C)=O)[C@H]4OC(C)=O)nn3)c2c(OC)c1OC. The number of hydrogen-bond acceptors (Lipinski definition) is 14. The van der Waals surface area contributed by atoms with Gasteiger partial charge in [-0.2, -0.15) is 0 Å². The topological polar surface area (TPSA) is 177 Å². The zero-order chi connectivity index (χ0) is 29.1. The summed E-state index contributed by atoms with van der Waals surface area (Å²) >= 11 is 0. The Morgan fingerprint density at radius 1 is 0.900 bits per heavy atom. The van der Waals surface area contributed by atoms with E-state index in [0.717, 1.165) is 13.8 Å². The van der Waals surface area contributed by atoms with Gasteiger partial charge in [0.2, 0.25) is 5.75 Å². The van der Waals surface area contributed by atoms with Gasteiger partial charge in [0.25, 0.3) is 0 Å². The molecule has 0 spiro atoms. The van der Waals surface area contributed by atoms with Crippen LogP contribution in [0.4, 0.5) is 0 Å². The second-order valence-electron chi connectivity index (χ2n) is 8.60. The molecule has 1 aliphatic heterocycles. The lowest BCUT2D eigenvalue weighted by Gasteiger charge is -2.40. The van der Waals surface area contributed by atoms with Crippen molar-refractivity contribution in [3.63, 3.8) is 0 Å². The van der Waals surface area contributed by atoms with Crippen molar-refractivity contribution in [3.8, 4) is 28.5 Å². The number of carbonyl (C=O) groups excluding carboxylic acids is 3. The Kier molecular flexibility index (Phi) is 8.23. The van der Waals surface area contributed by atoms with Gasteiger partial charge in [0, 0.05) is 38.5 Å². The van der Waals surface area contributed by atoms with Gasteiger partial charge in [0.15, 0.2) is 36.0 Å². The van der Waals surface area contributed by atoms with Crippen molar-refractivity contribution < 1.29 is 52.0 Å². The molecule has 0 saturated carbocycles. The van der Waals surface area contributed by atoms with E-state index in [0.29, 0.717) is 5.39 Å². The van der Waals surface area contributed by atoms with Gasteiger partial charge >= 0.3 is 23.5 Å². The molecule has 0 unspecified atom stereocenters. The molecular formula is C25H27N3O12. The van der Waals surface area contributed by atoms with Gasteiger partial charge in [-0.25, -0.2) is 9.48 Å². The molecule has 0 amide bonds. The van der Waals surface area contributed by atoms with Gasteiger partial charge in [-0.15, -0.1) is 5.10 Å². The first-order valence-corrected chi connectivity index (χ1v) is 11.9. The van der Waals surface area contributed by atoms with E-state index in [4.69, 9.17) is 37.6 Å². The van der Waals surface area contributed by atoms with Crippen LogP contribution in [0.1, 0.15) is 27.0 Å². The lowest BCUT2D eigenvalue weighted by Crippen LogP contribution is -2.55. The number of aromatic nitrogens is 3. The number of benzene rings is 1. The van der Waals surface area contributed by atoms with Crippen LogP contribution in [0.3, 0.4) is 0 Å². The third-order valence-corrected chi connectivity index (χ3v) is 5.91. The van der Waals surface area contributed by atoms with Crippen LogP contribution in [0.5, 0.6) is 17.2 Å². The summed E-state index contributed by atoms with van der Waals surface area (Å²) in [4.78, 5) is 48.0. The molecule has 0 radical (unpaired) electrons. The van der Waals surface area contributed by atoms with Crippen molar-refractivity contribution in [2.24, 2.45) is 0 Å². The third-order valence-electron chi connectivity index (χ3n) is 5.91. The molecule has 0 aliphatic carbocycles. The monoisotopic (exact) mass is 561 g/mol. The van der Waals surface area contributed by atoms with Crippen LogP contribution in [-0.2, 0) is 33.3 Å². The van der Waals surface area contributed by atoms with Crippen molar-refractivity contribution in [1.82, 2.24) is 15.0 Å². The van der Waals surface area contributed by atoms with Gasteiger partial charge in [-0.05, 0) is 0 Å². The average Bonchev–Trinajstić information content (AvgIpc) is 3.37. The molecule has 15 heteroatoms. The van der Waals surface area contributed by atoms with E-state index >= 15 is 0 Å². The largest absolute Gasteiger partial charge is 0.493 e. The van der Waals surface area contributed by atoms with Gasteiger partial charge in [-0.1, -0.05) is 5.21 Å². The molecule has 214 valence electrons. The normalized spacial score (nSPS) is 20.4. The fourth-order valence-corrected chi connectivity index (χ4v) is 4.47. The van der Waals surface area contributed by atoms with E-state index < -0.39 is 48.1 Å². The Balaban J connectivity index is 1.82. The molecule has 4 atom stereocenters. The molecular weight excluding hydrogens is 534 g/mol. The molecule has 40 heavy (non-hydrogen) atoms. The molecule has 1 fully saturated rings. The number of methoxy groups -OCH3 is 3. The number of rotatable bonds is 8. The molecule has 1 aliphatic rings. The highest BCUT2D eigenvalue weighted by atomic mass is 16.6. The summed E-state index contributed by atoms with van der Waals surface area (Å²) in [6, 6.07) is 2.68. The van der Waals surface area contributed by atoms with Crippen molar-refractivity contribution in [2.45, 2.75) is 45.3 Å². The van der Waals surface area contributed by atoms with Crippen LogP contribution in [0.25, 0.3) is 22.2 Å². The molecule has 15 nitrogen and oxygen atoms in total. The standard InChI is InChI=1S/C25H27N3O12/c1-11(29)37-18-10-36-25(24(39-13(3)31)22(18)38-12(2)30)28-9-15(26-27-28)14-7-19(32)40-16-8-17(33-4)21(34-5)23(35-6)20(14)16/h7-9,18,22,24-25H,10H2,1-6H3/t18-,22+,24-,25-/m1/s1. The van der Waals surface area contributed by atoms with E-state index in [9.17, 15) is 19.2 Å². The fraction of sp³-hybridized carbons (Fsp3) is 0.440. The van der Waals surface area contributed by atoms with Gasteiger partial charge in [0.1, 0.15) is 11.3 Å². The summed E-state index contributed by atoms with van der Waals surface area (Å²) in [5, 5.41) is 8.65. The van der Waals surface area contributed by atoms with Gasteiger partial charge in [-0.3, -0.25) is 14.4 Å². The predicted molar refractivity (Wildman–Crippen MR) is 133 cm³/mol. The van der Waals surface area contributed by atoms with Crippen LogP contribution in [0, 0.1) is 0 Å². The first kappa shape index (κ1) is 28.4. The first-order valence-electron chi connectivity index (χ1n) is 11.9. The Bertz CT molecular complexity index is 1500. The number of esters is 3. The molecule has 1 saturated heterocycles. The third kappa shape index (κ3) is 5.54. The minimum atomic E-state index is -1.27. The average molecular weight is 562 g/mol. The summed E-state index contributed by atoms with van der Waals surface area (Å²) in [6.45, 7) is 3.29. The zero-order valence-corrected chi connectivity index (χ0v) is 22.5. The van der Waals surface area contributed by atoms with Crippen molar-refractivity contribution in [1.29, 1.82) is 0 Å². The quantitative estimate of drug-likeness (QED) is 0.219. The summed E-state index contributed by atoms with van der Waals surface area (Å²) < 4.78 is 44.9. The predicted octanol–water partition coefficient (Wildman–Crippen LogP) is 1.40. The minimum absolute atomic E-state index is 0.136. The molecule has 4 rings (SSSR count). The molecule has 3 heterocycles. The first-order chi connectivity index (χ1) is 19.1. The zero-order valence-electron chi connectivity index (χ0n) is 22.5. The van der Waals surface area contributed by atoms with E-state index in [1.165, 1.54) is 51.3 Å². The van der Waals surface area contributed by atoms with Crippen LogP contribution in [0.2, 0.25) is 0 Å². The highest BCUT2D eigenvalue weighted by Gasteiger charge is 2.48. The molecule has 3 aromatic rings. The van der Waals surface area contributed by atoms with E-state index in [2.05, 4.69) is 10.3 Å². The molecule has 0 N–H and O–H groups in total. The minimum Gasteiger partial charge on any atom is -0.493 e. The number of fused-ring (bicyclic) bond motifs is 1. The maximum atomic E-state index is 12.5. The molecule has 1 aromatic carbocycles. The van der Waals surface area contributed by atoms with Gasteiger partial charge < -0.3 is 37.6 Å². The maximum Gasteiger partial charge on any atom is 0.336 e. The summed E-state index contributed by atoms with van der Waals surface area (Å²) in [7, 11) is 4.27. The number of hydrogen-bond donors (Lipinski definition) is 0. The van der Waals surface area contributed by atoms with E-state index in [1.807, 2.05) is 0 Å². The lowest BCUT2D eigenvalue weighted by atomic mass is 10.0. The lowest BCUT2D eigenvalue weighted by molar-refractivity contribution is -0.241. The Labute approximate surface area is 226 Å². The summed E-state index contributed by atoms with van der Waals surface area (Å²) in [5.74, 6) is -1.31. The Hall–Kier alpha value is -4.66. The number of carbonyl (C=O) groups is 3.